The second-order valence-corrected chi connectivity index (χ2v) is 6.08. The van der Waals surface area contributed by atoms with Crippen molar-refractivity contribution in [3.63, 3.8) is 0 Å². The number of alkyl halides is 1. The van der Waals surface area contributed by atoms with Gasteiger partial charge >= 0.3 is 0 Å². The van der Waals surface area contributed by atoms with Crippen LogP contribution in [0.4, 0.5) is 10.2 Å². The molecule has 0 aromatic carbocycles. The number of amides is 1. The number of nitrogens with zero attached hydrogens (tertiary/aromatic N) is 6. The number of likely N-dealkylation sites (tertiary alicyclic amines) is 1. The predicted octanol–water partition coefficient (Wildman–Crippen LogP) is 0.819. The summed E-state index contributed by atoms with van der Waals surface area (Å²) in [4.78, 5) is 17.8. The maximum Gasteiger partial charge on any atom is 0.236 e. The Balaban J connectivity index is 1.72. The van der Waals surface area contributed by atoms with Gasteiger partial charge in [-0.2, -0.15) is 5.26 Å². The molecule has 2 aromatic heterocycles. The van der Waals surface area contributed by atoms with Crippen LogP contribution in [0, 0.1) is 11.3 Å². The van der Waals surface area contributed by atoms with Crippen molar-refractivity contribution >= 4 is 22.8 Å². The molecule has 124 valence electrons. The Morgan fingerprint density at radius 1 is 1.54 bits per heavy atom. The van der Waals surface area contributed by atoms with Crippen LogP contribution < -0.4 is 5.32 Å². The number of piperidine rings is 1. The molecule has 0 bridgehead atoms. The van der Waals surface area contributed by atoms with Crippen molar-refractivity contribution < 1.29 is 9.18 Å². The molecule has 1 amide bonds. The molecule has 9 heteroatoms. The van der Waals surface area contributed by atoms with Gasteiger partial charge in [-0.1, -0.05) is 5.21 Å². The van der Waals surface area contributed by atoms with Gasteiger partial charge in [0.15, 0.2) is 0 Å². The Morgan fingerprint density at radius 2 is 2.42 bits per heavy atom. The summed E-state index contributed by atoms with van der Waals surface area (Å²) >= 11 is 0. The highest BCUT2D eigenvalue weighted by molar-refractivity contribution is 5.83. The number of hydrogen-bond donors (Lipinski definition) is 1. The molecule has 0 aliphatic carbocycles. The van der Waals surface area contributed by atoms with E-state index in [-0.39, 0.29) is 25.3 Å². The monoisotopic (exact) mass is 329 g/mol. The van der Waals surface area contributed by atoms with Gasteiger partial charge in [0.2, 0.25) is 5.91 Å². The number of carbonyl (C=O) groups excluding carboxylic acids is 1. The fraction of sp³-hybridized carbons (Fsp3) is 0.533. The van der Waals surface area contributed by atoms with E-state index in [1.807, 2.05) is 6.07 Å². The number of pyridine rings is 1. The fourth-order valence-electron chi connectivity index (χ4n) is 3.47. The lowest BCUT2D eigenvalue weighted by Gasteiger charge is -2.34. The van der Waals surface area contributed by atoms with Gasteiger partial charge in [-0.3, -0.25) is 4.79 Å². The number of fused-ring (bicyclic) bond motifs is 3. The molecule has 0 radical (unpaired) electrons. The van der Waals surface area contributed by atoms with Gasteiger partial charge < -0.3 is 10.2 Å². The summed E-state index contributed by atoms with van der Waals surface area (Å²) in [5.41, 5.74) is 2.41. The third kappa shape index (κ3) is 2.26. The van der Waals surface area contributed by atoms with E-state index in [1.54, 1.807) is 10.9 Å². The van der Waals surface area contributed by atoms with Crippen molar-refractivity contribution in [2.75, 3.05) is 25.0 Å². The maximum absolute atomic E-state index is 14.6. The lowest BCUT2D eigenvalue weighted by atomic mass is 10.0. The highest BCUT2D eigenvalue weighted by atomic mass is 19.1. The third-order valence-electron chi connectivity index (χ3n) is 4.67. The minimum Gasteiger partial charge on any atom is -0.369 e. The lowest BCUT2D eigenvalue weighted by Crippen LogP contribution is -2.45. The average Bonchev–Trinajstić information content (AvgIpc) is 3.21. The first-order valence-electron chi connectivity index (χ1n) is 7.94. The Morgan fingerprint density at radius 3 is 3.25 bits per heavy atom. The molecule has 1 fully saturated rings. The normalized spacial score (nSPS) is 22.9. The van der Waals surface area contributed by atoms with Gasteiger partial charge in [-0.05, 0) is 12.8 Å². The molecule has 1 saturated heterocycles. The van der Waals surface area contributed by atoms with Gasteiger partial charge in [-0.15, -0.1) is 5.10 Å². The van der Waals surface area contributed by atoms with E-state index < -0.39 is 12.2 Å². The molecule has 4 rings (SSSR count). The third-order valence-corrected chi connectivity index (χ3v) is 4.67. The van der Waals surface area contributed by atoms with E-state index in [2.05, 4.69) is 20.6 Å². The summed E-state index contributed by atoms with van der Waals surface area (Å²) in [5.74, 6) is 0.516. The first-order chi connectivity index (χ1) is 11.7. The second kappa shape index (κ2) is 5.70. The molecule has 8 nitrogen and oxygen atoms in total. The van der Waals surface area contributed by atoms with E-state index in [9.17, 15) is 9.18 Å². The van der Waals surface area contributed by atoms with Crippen molar-refractivity contribution in [2.24, 2.45) is 0 Å². The standard InChI is InChI=1S/C15H16FN7O/c16-10-3-6-22(13(24)1-4-17)8-12(10)23-14-9-2-5-18-15(9)19-7-11(14)20-21-23/h7,10,12H,1-3,5-6,8H2,(H,18,19). The first kappa shape index (κ1) is 14.8. The van der Waals surface area contributed by atoms with Gasteiger partial charge in [-0.25, -0.2) is 14.1 Å². The minimum atomic E-state index is -1.11. The molecule has 2 aliphatic heterocycles. The van der Waals surface area contributed by atoms with Crippen LogP contribution in [0.1, 0.15) is 24.4 Å². The summed E-state index contributed by atoms with van der Waals surface area (Å²) in [6, 6.07) is 1.25. The number of carbonyl (C=O) groups is 1. The molecule has 2 aromatic rings. The molecular formula is C15H16FN7O. The van der Waals surface area contributed by atoms with Crippen molar-refractivity contribution in [1.82, 2.24) is 24.9 Å². The van der Waals surface area contributed by atoms with E-state index in [0.29, 0.717) is 12.1 Å². The molecular weight excluding hydrogens is 313 g/mol. The Kier molecular flexibility index (Phi) is 3.52. The van der Waals surface area contributed by atoms with Crippen LogP contribution in [0.25, 0.3) is 11.0 Å². The van der Waals surface area contributed by atoms with Crippen LogP contribution in [0.15, 0.2) is 6.20 Å². The van der Waals surface area contributed by atoms with E-state index in [1.165, 1.54) is 4.90 Å². The van der Waals surface area contributed by atoms with Crippen molar-refractivity contribution in [2.45, 2.75) is 31.5 Å². The number of rotatable bonds is 2. The van der Waals surface area contributed by atoms with Crippen LogP contribution in [0.3, 0.4) is 0 Å². The molecule has 4 heterocycles. The zero-order valence-corrected chi connectivity index (χ0v) is 12.9. The first-order valence-corrected chi connectivity index (χ1v) is 7.94. The fourth-order valence-corrected chi connectivity index (χ4v) is 3.47. The maximum atomic E-state index is 14.6. The summed E-state index contributed by atoms with van der Waals surface area (Å²) < 4.78 is 16.2. The summed E-state index contributed by atoms with van der Waals surface area (Å²) in [5, 5.41) is 20.2. The highest BCUT2D eigenvalue weighted by Gasteiger charge is 2.35. The number of halogens is 1. The van der Waals surface area contributed by atoms with Crippen molar-refractivity contribution in [3.8, 4) is 6.07 Å². The molecule has 24 heavy (non-hydrogen) atoms. The summed E-state index contributed by atoms with van der Waals surface area (Å²) in [6.07, 6.45) is 1.34. The average molecular weight is 329 g/mol. The van der Waals surface area contributed by atoms with E-state index >= 15 is 0 Å². The van der Waals surface area contributed by atoms with Gasteiger partial charge in [0, 0.05) is 25.2 Å². The second-order valence-electron chi connectivity index (χ2n) is 6.08. The van der Waals surface area contributed by atoms with E-state index in [4.69, 9.17) is 5.26 Å². The predicted molar refractivity (Wildman–Crippen MR) is 82.9 cm³/mol. The minimum absolute atomic E-state index is 0.189. The molecule has 0 saturated carbocycles. The summed E-state index contributed by atoms with van der Waals surface area (Å²) in [6.45, 7) is 1.31. The molecule has 1 N–H and O–H groups in total. The van der Waals surface area contributed by atoms with Crippen molar-refractivity contribution in [3.05, 3.63) is 11.8 Å². The van der Waals surface area contributed by atoms with Gasteiger partial charge in [0.1, 0.15) is 30.0 Å². The molecule has 2 atom stereocenters. The van der Waals surface area contributed by atoms with Gasteiger partial charge in [0.25, 0.3) is 0 Å². The zero-order chi connectivity index (χ0) is 16.7. The zero-order valence-electron chi connectivity index (χ0n) is 12.9. The van der Waals surface area contributed by atoms with Crippen LogP contribution >= 0.6 is 0 Å². The van der Waals surface area contributed by atoms with Crippen LogP contribution in [-0.4, -0.2) is 56.6 Å². The number of aromatic nitrogens is 4. The SMILES string of the molecule is N#CCC(=O)N1CCC(F)C(n2nnc3cnc4c(c32)CCN4)C1. The van der Waals surface area contributed by atoms with Crippen LogP contribution in [-0.2, 0) is 11.2 Å². The number of nitriles is 1. The molecule has 0 spiro atoms. The van der Waals surface area contributed by atoms with Crippen molar-refractivity contribution in [1.29, 1.82) is 5.26 Å². The lowest BCUT2D eigenvalue weighted by molar-refractivity contribution is -0.132. The molecule has 2 unspecified atom stereocenters. The topological polar surface area (TPSA) is 99.7 Å². The van der Waals surface area contributed by atoms with Crippen LogP contribution in [0.5, 0.6) is 0 Å². The highest BCUT2D eigenvalue weighted by Crippen LogP contribution is 2.32. The van der Waals surface area contributed by atoms with E-state index in [0.717, 1.165) is 29.9 Å². The van der Waals surface area contributed by atoms with Gasteiger partial charge in [0.05, 0.1) is 17.8 Å². The Hall–Kier alpha value is -2.76. The quantitative estimate of drug-likeness (QED) is 0.875. The number of nitrogens with one attached hydrogen (secondary N) is 1. The Bertz CT molecular complexity index is 842. The summed E-state index contributed by atoms with van der Waals surface area (Å²) in [7, 11) is 0. The van der Waals surface area contributed by atoms with Crippen LogP contribution in [0.2, 0.25) is 0 Å². The molecule has 2 aliphatic rings. The number of anilines is 1. The Labute approximate surface area is 137 Å². The largest absolute Gasteiger partial charge is 0.369 e. The smallest absolute Gasteiger partial charge is 0.236 e. The number of hydrogen-bond acceptors (Lipinski definition) is 6.